The fourth-order valence-corrected chi connectivity index (χ4v) is 0.175. The Kier molecular flexibility index (Phi) is 7.21. The summed E-state index contributed by atoms with van der Waals surface area (Å²) in [4.78, 5) is 9.85. The SMILES string of the molecule is CCC(S)C(=O)O.Cl. The average molecular weight is 157 g/mol. The highest BCUT2D eigenvalue weighted by Gasteiger charge is 2.06. The first-order chi connectivity index (χ1) is 3.18. The summed E-state index contributed by atoms with van der Waals surface area (Å²) in [5, 5.41) is 7.62. The first-order valence-electron chi connectivity index (χ1n) is 2.09. The first-order valence-corrected chi connectivity index (χ1v) is 2.61. The zero-order valence-electron chi connectivity index (χ0n) is 4.50. The molecule has 0 aliphatic rings. The standard InChI is InChI=1S/C4H8O2S.ClH/c1-2-3(7)4(5)6;/h3,7H,2H2,1H3,(H,5,6);1H. The van der Waals surface area contributed by atoms with Gasteiger partial charge < -0.3 is 5.11 Å². The fraction of sp³-hybridized carbons (Fsp3) is 0.750. The number of rotatable bonds is 2. The molecule has 50 valence electrons. The van der Waals surface area contributed by atoms with Crippen LogP contribution in [-0.2, 0) is 4.79 Å². The number of carboxylic acids is 1. The summed E-state index contributed by atoms with van der Waals surface area (Å²) >= 11 is 3.73. The van der Waals surface area contributed by atoms with Gasteiger partial charge >= 0.3 is 5.97 Å². The van der Waals surface area contributed by atoms with E-state index in [0.29, 0.717) is 6.42 Å². The monoisotopic (exact) mass is 156 g/mol. The molecule has 0 radical (unpaired) electrons. The number of carbonyl (C=O) groups is 1. The summed E-state index contributed by atoms with van der Waals surface area (Å²) < 4.78 is 0. The van der Waals surface area contributed by atoms with Crippen LogP contribution in [0.25, 0.3) is 0 Å². The summed E-state index contributed by atoms with van der Waals surface area (Å²) in [5.41, 5.74) is 0. The van der Waals surface area contributed by atoms with E-state index < -0.39 is 11.2 Å². The highest BCUT2D eigenvalue weighted by molar-refractivity contribution is 7.81. The third-order valence-corrected chi connectivity index (χ3v) is 1.26. The van der Waals surface area contributed by atoms with E-state index in [1.807, 2.05) is 0 Å². The molecule has 0 saturated heterocycles. The molecule has 1 N–H and O–H groups in total. The van der Waals surface area contributed by atoms with Crippen LogP contribution in [0.5, 0.6) is 0 Å². The van der Waals surface area contributed by atoms with Gasteiger partial charge in [-0.25, -0.2) is 0 Å². The Balaban J connectivity index is 0. The lowest BCUT2D eigenvalue weighted by Gasteiger charge is -1.95. The summed E-state index contributed by atoms with van der Waals surface area (Å²) in [6, 6.07) is 0. The van der Waals surface area contributed by atoms with Gasteiger partial charge in [-0.3, -0.25) is 4.79 Å². The van der Waals surface area contributed by atoms with Crippen LogP contribution >= 0.6 is 25.0 Å². The van der Waals surface area contributed by atoms with Crippen LogP contribution in [-0.4, -0.2) is 16.3 Å². The molecule has 0 saturated carbocycles. The molecule has 0 aliphatic heterocycles. The predicted octanol–water partition coefficient (Wildman–Crippen LogP) is 1.20. The van der Waals surface area contributed by atoms with E-state index in [4.69, 9.17) is 5.11 Å². The summed E-state index contributed by atoms with van der Waals surface area (Å²) in [6.45, 7) is 1.78. The van der Waals surface area contributed by atoms with Gasteiger partial charge in [0, 0.05) is 0 Å². The third-order valence-electron chi connectivity index (χ3n) is 0.672. The lowest BCUT2D eigenvalue weighted by molar-refractivity contribution is -0.136. The molecule has 8 heavy (non-hydrogen) atoms. The highest BCUT2D eigenvalue weighted by Crippen LogP contribution is 1.97. The number of aliphatic carboxylic acids is 1. The van der Waals surface area contributed by atoms with Crippen molar-refractivity contribution in [1.82, 2.24) is 0 Å². The molecule has 0 bridgehead atoms. The smallest absolute Gasteiger partial charge is 0.316 e. The van der Waals surface area contributed by atoms with E-state index >= 15 is 0 Å². The van der Waals surface area contributed by atoms with Gasteiger partial charge in [-0.1, -0.05) is 6.92 Å². The van der Waals surface area contributed by atoms with E-state index in [1.165, 1.54) is 0 Å². The Morgan fingerprint density at radius 3 is 2.25 bits per heavy atom. The molecule has 0 rings (SSSR count). The maximum Gasteiger partial charge on any atom is 0.316 e. The number of halogens is 1. The van der Waals surface area contributed by atoms with Gasteiger partial charge in [0.15, 0.2) is 0 Å². The molecule has 0 aromatic carbocycles. The van der Waals surface area contributed by atoms with E-state index in [9.17, 15) is 4.79 Å². The molecule has 0 aliphatic carbocycles. The van der Waals surface area contributed by atoms with Crippen LogP contribution in [0.1, 0.15) is 13.3 Å². The van der Waals surface area contributed by atoms with E-state index in [1.54, 1.807) is 6.92 Å². The van der Waals surface area contributed by atoms with Crippen LogP contribution in [0, 0.1) is 0 Å². The van der Waals surface area contributed by atoms with Gasteiger partial charge in [-0.15, -0.1) is 12.4 Å². The molecule has 2 nitrogen and oxygen atoms in total. The van der Waals surface area contributed by atoms with Crippen molar-refractivity contribution < 1.29 is 9.90 Å². The topological polar surface area (TPSA) is 37.3 Å². The lowest BCUT2D eigenvalue weighted by Crippen LogP contribution is -2.10. The highest BCUT2D eigenvalue weighted by atomic mass is 35.5. The van der Waals surface area contributed by atoms with Crippen molar-refractivity contribution in [2.45, 2.75) is 18.6 Å². The summed E-state index contributed by atoms with van der Waals surface area (Å²) in [5.74, 6) is -0.842. The van der Waals surface area contributed by atoms with Gasteiger partial charge in [-0.05, 0) is 6.42 Å². The average Bonchev–Trinajstić information content (AvgIpc) is 1.65. The number of hydrogen-bond donors (Lipinski definition) is 2. The van der Waals surface area contributed by atoms with E-state index in [0.717, 1.165) is 0 Å². The van der Waals surface area contributed by atoms with Crippen molar-refractivity contribution in [3.05, 3.63) is 0 Å². The molecule has 0 spiro atoms. The Hall–Kier alpha value is 0.110. The second kappa shape index (κ2) is 5.25. The molecule has 1 unspecified atom stereocenters. The minimum absolute atomic E-state index is 0. The fourth-order valence-electron chi connectivity index (χ4n) is 0.175. The summed E-state index contributed by atoms with van der Waals surface area (Å²) in [7, 11) is 0. The maximum absolute atomic E-state index is 9.85. The van der Waals surface area contributed by atoms with Crippen molar-refractivity contribution in [3.8, 4) is 0 Å². The van der Waals surface area contributed by atoms with Gasteiger partial charge in [0.2, 0.25) is 0 Å². The second-order valence-electron chi connectivity index (χ2n) is 1.26. The molecule has 0 amide bonds. The van der Waals surface area contributed by atoms with E-state index in [-0.39, 0.29) is 12.4 Å². The van der Waals surface area contributed by atoms with Crippen molar-refractivity contribution in [1.29, 1.82) is 0 Å². The van der Waals surface area contributed by atoms with Gasteiger partial charge in [0.25, 0.3) is 0 Å². The molecule has 0 aromatic heterocycles. The zero-order valence-corrected chi connectivity index (χ0v) is 6.21. The predicted molar refractivity (Wildman–Crippen MR) is 37.9 cm³/mol. The summed E-state index contributed by atoms with van der Waals surface area (Å²) in [6.07, 6.45) is 0.582. The van der Waals surface area contributed by atoms with Crippen molar-refractivity contribution in [3.63, 3.8) is 0 Å². The van der Waals surface area contributed by atoms with Crippen LogP contribution in [0.2, 0.25) is 0 Å². The second-order valence-corrected chi connectivity index (χ2v) is 1.89. The molecule has 1 atom stereocenters. The van der Waals surface area contributed by atoms with Crippen LogP contribution < -0.4 is 0 Å². The van der Waals surface area contributed by atoms with Crippen molar-refractivity contribution >= 4 is 31.0 Å². The molecular formula is C4H9ClO2S. The Bertz CT molecular complexity index is 76.4. The van der Waals surface area contributed by atoms with E-state index in [2.05, 4.69) is 12.6 Å². The molecule has 0 heterocycles. The molecular weight excluding hydrogens is 148 g/mol. The van der Waals surface area contributed by atoms with Crippen LogP contribution in [0.3, 0.4) is 0 Å². The van der Waals surface area contributed by atoms with Gasteiger partial charge in [-0.2, -0.15) is 12.6 Å². The van der Waals surface area contributed by atoms with Crippen LogP contribution in [0.4, 0.5) is 0 Å². The van der Waals surface area contributed by atoms with Crippen molar-refractivity contribution in [2.24, 2.45) is 0 Å². The Morgan fingerprint density at radius 1 is 1.88 bits per heavy atom. The number of carboxylic acid groups (broad SMARTS) is 1. The number of hydrogen-bond acceptors (Lipinski definition) is 2. The quantitative estimate of drug-likeness (QED) is 0.590. The lowest BCUT2D eigenvalue weighted by atomic mass is 10.3. The molecule has 0 aromatic rings. The van der Waals surface area contributed by atoms with Gasteiger partial charge in [0.05, 0.1) is 5.25 Å². The molecule has 0 fully saturated rings. The molecule has 4 heteroatoms. The largest absolute Gasteiger partial charge is 0.480 e. The number of thiol groups is 1. The van der Waals surface area contributed by atoms with Crippen LogP contribution in [0.15, 0.2) is 0 Å². The third kappa shape index (κ3) is 4.27. The first kappa shape index (κ1) is 11.0. The zero-order chi connectivity index (χ0) is 5.86. The minimum atomic E-state index is -0.842. The van der Waals surface area contributed by atoms with Crippen molar-refractivity contribution in [2.75, 3.05) is 0 Å². The van der Waals surface area contributed by atoms with Gasteiger partial charge in [0.1, 0.15) is 0 Å². The normalized spacial score (nSPS) is 11.8. The Labute approximate surface area is 60.1 Å². The Morgan fingerprint density at radius 2 is 2.25 bits per heavy atom. The minimum Gasteiger partial charge on any atom is -0.480 e. The maximum atomic E-state index is 9.85.